The molecule has 0 aromatic rings. The second kappa shape index (κ2) is 1.91. The molecule has 0 amide bonds. The van der Waals surface area contributed by atoms with Crippen molar-refractivity contribution in [3.63, 3.8) is 0 Å². The summed E-state index contributed by atoms with van der Waals surface area (Å²) in [5, 5.41) is 0. The highest BCUT2D eigenvalue weighted by Crippen LogP contribution is 2.38. The largest absolute Gasteiger partial charge is 0.120 e. The van der Waals surface area contributed by atoms with Gasteiger partial charge in [-0.2, -0.15) is 0 Å². The van der Waals surface area contributed by atoms with Crippen LogP contribution in [-0.4, -0.2) is 4.87 Å². The van der Waals surface area contributed by atoms with Crippen LogP contribution in [0.3, 0.4) is 0 Å². The summed E-state index contributed by atoms with van der Waals surface area (Å²) in [5.74, 6) is 0.859. The lowest BCUT2D eigenvalue weighted by atomic mass is 10.1. The van der Waals surface area contributed by atoms with Crippen LogP contribution in [0.1, 0.15) is 33.1 Å². The van der Waals surface area contributed by atoms with Crippen LogP contribution in [0.25, 0.3) is 0 Å². The minimum atomic E-state index is 0.138. The molecule has 1 rings (SSSR count). The van der Waals surface area contributed by atoms with E-state index in [0.717, 1.165) is 5.92 Å². The molecule has 2 unspecified atom stereocenters. The van der Waals surface area contributed by atoms with Crippen molar-refractivity contribution in [3.05, 3.63) is 0 Å². The summed E-state index contributed by atoms with van der Waals surface area (Å²) >= 11 is 6.06. The first kappa shape index (κ1) is 6.41. The van der Waals surface area contributed by atoms with Gasteiger partial charge < -0.3 is 0 Å². The maximum Gasteiger partial charge on any atom is 0.0421 e. The molecule has 1 saturated carbocycles. The molecule has 1 heteroatoms. The summed E-state index contributed by atoms with van der Waals surface area (Å²) in [7, 11) is 0. The molecule has 0 aromatic carbocycles. The number of hydrogen-bond donors (Lipinski definition) is 0. The Morgan fingerprint density at radius 3 is 2.38 bits per heavy atom. The Labute approximate surface area is 56.2 Å². The van der Waals surface area contributed by atoms with E-state index < -0.39 is 0 Å². The van der Waals surface area contributed by atoms with Gasteiger partial charge in [-0.25, -0.2) is 0 Å². The van der Waals surface area contributed by atoms with Gasteiger partial charge in [0.25, 0.3) is 0 Å². The number of rotatable bonds is 0. The van der Waals surface area contributed by atoms with E-state index in [4.69, 9.17) is 11.6 Å². The van der Waals surface area contributed by atoms with Crippen molar-refractivity contribution in [3.8, 4) is 0 Å². The Morgan fingerprint density at radius 1 is 1.62 bits per heavy atom. The molecule has 48 valence electrons. The lowest BCUT2D eigenvalue weighted by molar-refractivity contribution is 0.579. The smallest absolute Gasteiger partial charge is 0.0421 e. The first-order valence-electron chi connectivity index (χ1n) is 3.29. The maximum absolute atomic E-state index is 6.06. The standard InChI is InChI=1S/C7H13Cl/c1-6-3-4-7(2,8)5-6/h6H,3-5H2,1-2H3. The van der Waals surface area contributed by atoms with Gasteiger partial charge in [-0.15, -0.1) is 11.6 Å². The Hall–Kier alpha value is 0.290. The fourth-order valence-corrected chi connectivity index (χ4v) is 1.85. The quantitative estimate of drug-likeness (QED) is 0.445. The SMILES string of the molecule is CC1CCC(C)(Cl)C1. The van der Waals surface area contributed by atoms with E-state index in [1.165, 1.54) is 19.3 Å². The lowest BCUT2D eigenvalue weighted by Gasteiger charge is -2.11. The Kier molecular flexibility index (Phi) is 1.53. The highest BCUT2D eigenvalue weighted by atomic mass is 35.5. The lowest BCUT2D eigenvalue weighted by Crippen LogP contribution is -2.08. The van der Waals surface area contributed by atoms with Crippen LogP contribution in [0.4, 0.5) is 0 Å². The van der Waals surface area contributed by atoms with Crippen LogP contribution in [-0.2, 0) is 0 Å². The fourth-order valence-electron chi connectivity index (χ4n) is 1.48. The average Bonchev–Trinajstić information content (AvgIpc) is 1.82. The third-order valence-corrected chi connectivity index (χ3v) is 2.28. The molecular formula is C7H13Cl. The predicted octanol–water partition coefficient (Wildman–Crippen LogP) is 2.80. The Morgan fingerprint density at radius 2 is 2.25 bits per heavy atom. The molecule has 1 aliphatic rings. The molecule has 0 N–H and O–H groups in total. The van der Waals surface area contributed by atoms with E-state index in [0.29, 0.717) is 0 Å². The van der Waals surface area contributed by atoms with E-state index in [-0.39, 0.29) is 4.87 Å². The highest BCUT2D eigenvalue weighted by Gasteiger charge is 2.30. The summed E-state index contributed by atoms with van der Waals surface area (Å²) in [6.45, 7) is 4.41. The van der Waals surface area contributed by atoms with Gasteiger partial charge in [-0.05, 0) is 32.1 Å². The number of hydrogen-bond acceptors (Lipinski definition) is 0. The van der Waals surface area contributed by atoms with Crippen molar-refractivity contribution in [2.24, 2.45) is 5.92 Å². The van der Waals surface area contributed by atoms with E-state index >= 15 is 0 Å². The number of alkyl halides is 1. The molecule has 2 atom stereocenters. The van der Waals surface area contributed by atoms with Gasteiger partial charge >= 0.3 is 0 Å². The van der Waals surface area contributed by atoms with Gasteiger partial charge in [0.1, 0.15) is 0 Å². The van der Waals surface area contributed by atoms with Crippen molar-refractivity contribution < 1.29 is 0 Å². The second-order valence-electron chi connectivity index (χ2n) is 3.26. The average molecular weight is 133 g/mol. The van der Waals surface area contributed by atoms with Crippen LogP contribution < -0.4 is 0 Å². The topological polar surface area (TPSA) is 0 Å². The second-order valence-corrected chi connectivity index (χ2v) is 4.17. The molecular weight excluding hydrogens is 120 g/mol. The van der Waals surface area contributed by atoms with Gasteiger partial charge in [0, 0.05) is 4.87 Å². The molecule has 0 aromatic heterocycles. The monoisotopic (exact) mass is 132 g/mol. The minimum absolute atomic E-state index is 0.138. The summed E-state index contributed by atoms with van der Waals surface area (Å²) in [4.78, 5) is 0.138. The normalized spacial score (nSPS) is 47.6. The molecule has 0 aliphatic heterocycles. The molecule has 0 spiro atoms. The van der Waals surface area contributed by atoms with Gasteiger partial charge in [0.05, 0.1) is 0 Å². The summed E-state index contributed by atoms with van der Waals surface area (Å²) in [6.07, 6.45) is 3.73. The van der Waals surface area contributed by atoms with E-state index in [9.17, 15) is 0 Å². The molecule has 8 heavy (non-hydrogen) atoms. The van der Waals surface area contributed by atoms with Gasteiger partial charge in [-0.1, -0.05) is 6.92 Å². The van der Waals surface area contributed by atoms with Gasteiger partial charge in [-0.3, -0.25) is 0 Å². The maximum atomic E-state index is 6.06. The number of halogens is 1. The van der Waals surface area contributed by atoms with Gasteiger partial charge in [0.15, 0.2) is 0 Å². The zero-order valence-electron chi connectivity index (χ0n) is 5.58. The van der Waals surface area contributed by atoms with Crippen molar-refractivity contribution >= 4 is 11.6 Å². The van der Waals surface area contributed by atoms with E-state index in [2.05, 4.69) is 13.8 Å². The van der Waals surface area contributed by atoms with Gasteiger partial charge in [0.2, 0.25) is 0 Å². The molecule has 0 heterocycles. The van der Waals surface area contributed by atoms with E-state index in [1.807, 2.05) is 0 Å². The zero-order valence-corrected chi connectivity index (χ0v) is 6.33. The van der Waals surface area contributed by atoms with Crippen molar-refractivity contribution in [2.75, 3.05) is 0 Å². The highest BCUT2D eigenvalue weighted by molar-refractivity contribution is 6.23. The third kappa shape index (κ3) is 1.38. The fraction of sp³-hybridized carbons (Fsp3) is 1.00. The Balaban J connectivity index is 2.44. The first-order valence-corrected chi connectivity index (χ1v) is 3.67. The molecule has 1 fully saturated rings. The van der Waals surface area contributed by atoms with E-state index in [1.54, 1.807) is 0 Å². The summed E-state index contributed by atoms with van der Waals surface area (Å²) < 4.78 is 0. The molecule has 0 nitrogen and oxygen atoms in total. The predicted molar refractivity (Wildman–Crippen MR) is 37.3 cm³/mol. The van der Waals surface area contributed by atoms with Crippen LogP contribution in [0.15, 0.2) is 0 Å². The first-order chi connectivity index (χ1) is 3.60. The Bertz CT molecular complexity index is 86.4. The van der Waals surface area contributed by atoms with Crippen molar-refractivity contribution in [1.82, 2.24) is 0 Å². The molecule has 0 bridgehead atoms. The third-order valence-electron chi connectivity index (χ3n) is 1.93. The van der Waals surface area contributed by atoms with Crippen molar-refractivity contribution in [2.45, 2.75) is 38.0 Å². The molecule has 0 radical (unpaired) electrons. The minimum Gasteiger partial charge on any atom is -0.120 e. The summed E-state index contributed by atoms with van der Waals surface area (Å²) in [5.41, 5.74) is 0. The van der Waals surface area contributed by atoms with Crippen LogP contribution >= 0.6 is 11.6 Å². The van der Waals surface area contributed by atoms with Crippen LogP contribution in [0.5, 0.6) is 0 Å². The molecule has 1 aliphatic carbocycles. The summed E-state index contributed by atoms with van der Waals surface area (Å²) in [6, 6.07) is 0. The molecule has 0 saturated heterocycles. The zero-order chi connectivity index (χ0) is 6.20. The van der Waals surface area contributed by atoms with Crippen molar-refractivity contribution in [1.29, 1.82) is 0 Å². The van der Waals surface area contributed by atoms with Crippen LogP contribution in [0.2, 0.25) is 0 Å². The van der Waals surface area contributed by atoms with Crippen LogP contribution in [0, 0.1) is 5.92 Å².